The lowest BCUT2D eigenvalue weighted by Crippen LogP contribution is -2.56. The number of rotatable bonds is 14. The Morgan fingerprint density at radius 1 is 0.923 bits per heavy atom. The molecule has 0 radical (unpaired) electrons. The third-order valence-corrected chi connectivity index (χ3v) is 9.31. The zero-order chi connectivity index (χ0) is 37.2. The van der Waals surface area contributed by atoms with Crippen LogP contribution in [0, 0.1) is 0 Å². The van der Waals surface area contributed by atoms with Gasteiger partial charge in [0.25, 0.3) is 11.8 Å². The lowest BCUT2D eigenvalue weighted by atomic mass is 9.93. The molecule has 2 aromatic rings. The van der Waals surface area contributed by atoms with Crippen molar-refractivity contribution in [3.63, 3.8) is 0 Å². The number of hydrogen-bond donors (Lipinski definition) is 2. The maximum absolute atomic E-state index is 13.8. The molecule has 1 saturated carbocycles. The van der Waals surface area contributed by atoms with Crippen molar-refractivity contribution in [3.05, 3.63) is 42.1 Å². The molecule has 5 amide bonds. The first kappa shape index (κ1) is 38.1. The minimum Gasteiger partial charge on any atom is -0.467 e. The van der Waals surface area contributed by atoms with E-state index >= 15 is 0 Å². The Kier molecular flexibility index (Phi) is 13.1. The standard InChI is InChI=1S/C36H49N7O9/c1-4-50-36(49)41-20-18-40(19-21-41)35(48)27(15-16-32(45)52-24(2)3)38-33(46)28-22-31(43(39-28)26-12-6-5-7-13-26)51-23-30(44)42-17-9-14-29(42)34(47)37-25-10-8-11-25/h5-7,12-13,22,24-25,27,29H,4,8-11,14-21,23H2,1-3H3,(H,37,47)(H,38,46)/t27-,29-/m0/s1. The summed E-state index contributed by atoms with van der Waals surface area (Å²) in [6.45, 7) is 6.39. The van der Waals surface area contributed by atoms with Gasteiger partial charge in [0.1, 0.15) is 12.1 Å². The number of benzene rings is 1. The summed E-state index contributed by atoms with van der Waals surface area (Å²) in [5.74, 6) is -2.02. The quantitative estimate of drug-likeness (QED) is 0.274. The first-order valence-corrected chi connectivity index (χ1v) is 18.1. The summed E-state index contributed by atoms with van der Waals surface area (Å²) in [7, 11) is 0. The zero-order valence-corrected chi connectivity index (χ0v) is 30.1. The van der Waals surface area contributed by atoms with Crippen molar-refractivity contribution in [2.24, 2.45) is 0 Å². The molecule has 52 heavy (non-hydrogen) atoms. The SMILES string of the molecule is CCOC(=O)N1CCN(C(=O)[C@H](CCC(=O)OC(C)C)NC(=O)c2cc(OCC(=O)N3CCC[C@H]3C(=O)NC3CCC3)n(-c3ccccc3)n2)CC1. The summed E-state index contributed by atoms with van der Waals surface area (Å²) in [6.07, 6.45) is 3.30. The number of piperazine rings is 1. The van der Waals surface area contributed by atoms with Crippen LogP contribution in [0.15, 0.2) is 36.4 Å². The van der Waals surface area contributed by atoms with E-state index in [1.54, 1.807) is 45.0 Å². The number of carbonyl (C=O) groups excluding carboxylic acids is 6. The maximum atomic E-state index is 13.8. The molecule has 3 fully saturated rings. The number of para-hydroxylation sites is 1. The van der Waals surface area contributed by atoms with Gasteiger partial charge in [-0.2, -0.15) is 5.10 Å². The molecule has 1 aliphatic carbocycles. The number of esters is 1. The number of hydrogen-bond acceptors (Lipinski definition) is 10. The number of nitrogens with zero attached hydrogens (tertiary/aromatic N) is 5. The van der Waals surface area contributed by atoms with Crippen LogP contribution in [0.2, 0.25) is 0 Å². The second-order valence-electron chi connectivity index (χ2n) is 13.4. The Balaban J connectivity index is 1.29. The van der Waals surface area contributed by atoms with Gasteiger partial charge in [0, 0.05) is 51.3 Å². The number of amides is 5. The molecule has 0 spiro atoms. The number of ether oxygens (including phenoxy) is 3. The second-order valence-corrected chi connectivity index (χ2v) is 13.4. The highest BCUT2D eigenvalue weighted by Gasteiger charge is 2.36. The van der Waals surface area contributed by atoms with Crippen LogP contribution < -0.4 is 15.4 Å². The third-order valence-electron chi connectivity index (χ3n) is 9.31. The van der Waals surface area contributed by atoms with Gasteiger partial charge in [0.05, 0.1) is 18.4 Å². The highest BCUT2D eigenvalue weighted by Crippen LogP contribution is 2.24. The molecule has 5 rings (SSSR count). The van der Waals surface area contributed by atoms with E-state index in [1.807, 2.05) is 6.07 Å². The molecule has 2 saturated heterocycles. The summed E-state index contributed by atoms with van der Waals surface area (Å²) >= 11 is 0. The smallest absolute Gasteiger partial charge is 0.409 e. The lowest BCUT2D eigenvalue weighted by Gasteiger charge is -2.35. The zero-order valence-electron chi connectivity index (χ0n) is 30.1. The summed E-state index contributed by atoms with van der Waals surface area (Å²) in [5.41, 5.74) is 0.478. The van der Waals surface area contributed by atoms with Gasteiger partial charge in [-0.15, -0.1) is 0 Å². The average Bonchev–Trinajstić information content (AvgIpc) is 3.79. The van der Waals surface area contributed by atoms with Crippen molar-refractivity contribution >= 4 is 35.7 Å². The van der Waals surface area contributed by atoms with Crippen LogP contribution in [-0.4, -0.2) is 130 Å². The van der Waals surface area contributed by atoms with Gasteiger partial charge in [-0.1, -0.05) is 18.2 Å². The fourth-order valence-electron chi connectivity index (χ4n) is 6.36. The van der Waals surface area contributed by atoms with Gasteiger partial charge in [-0.05, 0) is 71.4 Å². The highest BCUT2D eigenvalue weighted by atomic mass is 16.6. The summed E-state index contributed by atoms with van der Waals surface area (Å²) in [6, 6.07) is 8.79. The van der Waals surface area contributed by atoms with Gasteiger partial charge in [-0.3, -0.25) is 24.0 Å². The minimum absolute atomic E-state index is 0.0310. The van der Waals surface area contributed by atoms with Gasteiger partial charge in [0.2, 0.25) is 17.7 Å². The molecule has 3 heterocycles. The molecule has 16 nitrogen and oxygen atoms in total. The second kappa shape index (κ2) is 17.9. The fourth-order valence-corrected chi connectivity index (χ4v) is 6.36. The molecular formula is C36H49N7O9. The van der Waals surface area contributed by atoms with Crippen molar-refractivity contribution < 1.29 is 43.0 Å². The number of carbonyl (C=O) groups is 6. The van der Waals surface area contributed by atoms with Crippen molar-refractivity contribution in [1.29, 1.82) is 0 Å². The Morgan fingerprint density at radius 3 is 2.29 bits per heavy atom. The molecule has 0 bridgehead atoms. The predicted octanol–water partition coefficient (Wildman–Crippen LogP) is 2.04. The van der Waals surface area contributed by atoms with Crippen LogP contribution in [0.5, 0.6) is 5.88 Å². The molecule has 3 aliphatic rings. The summed E-state index contributed by atoms with van der Waals surface area (Å²) < 4.78 is 17.7. The van der Waals surface area contributed by atoms with Crippen molar-refractivity contribution in [2.75, 3.05) is 45.9 Å². The van der Waals surface area contributed by atoms with E-state index in [0.717, 1.165) is 19.3 Å². The fraction of sp³-hybridized carbons (Fsp3) is 0.583. The minimum atomic E-state index is -1.10. The third kappa shape index (κ3) is 9.79. The molecule has 282 valence electrons. The van der Waals surface area contributed by atoms with E-state index in [9.17, 15) is 28.8 Å². The molecule has 0 unspecified atom stereocenters. The van der Waals surface area contributed by atoms with Crippen LogP contribution in [0.1, 0.15) is 76.2 Å². The summed E-state index contributed by atoms with van der Waals surface area (Å²) in [4.78, 5) is 83.0. The van der Waals surface area contributed by atoms with E-state index in [-0.39, 0.29) is 87.8 Å². The van der Waals surface area contributed by atoms with Gasteiger partial charge in [0.15, 0.2) is 12.3 Å². The van der Waals surface area contributed by atoms with Gasteiger partial charge >= 0.3 is 12.1 Å². The first-order valence-electron chi connectivity index (χ1n) is 18.1. The van der Waals surface area contributed by atoms with Gasteiger partial charge in [-0.25, -0.2) is 9.48 Å². The van der Waals surface area contributed by atoms with Crippen molar-refractivity contribution in [3.8, 4) is 11.6 Å². The largest absolute Gasteiger partial charge is 0.467 e. The van der Waals surface area contributed by atoms with Crippen molar-refractivity contribution in [1.82, 2.24) is 35.1 Å². The molecule has 1 aromatic carbocycles. The molecular weight excluding hydrogens is 674 g/mol. The molecule has 1 aromatic heterocycles. The van der Waals surface area contributed by atoms with E-state index in [1.165, 1.54) is 25.4 Å². The van der Waals surface area contributed by atoms with E-state index in [2.05, 4.69) is 15.7 Å². The summed E-state index contributed by atoms with van der Waals surface area (Å²) in [5, 5.41) is 10.3. The molecule has 2 aliphatic heterocycles. The van der Waals surface area contributed by atoms with Crippen LogP contribution in [0.3, 0.4) is 0 Å². The number of aromatic nitrogens is 2. The monoisotopic (exact) mass is 723 g/mol. The number of likely N-dealkylation sites (tertiary alicyclic amines) is 1. The van der Waals surface area contributed by atoms with Crippen molar-refractivity contribution in [2.45, 2.75) is 89.9 Å². The first-order chi connectivity index (χ1) is 25.0. The lowest BCUT2D eigenvalue weighted by molar-refractivity contribution is -0.147. The molecule has 2 atom stereocenters. The average molecular weight is 724 g/mol. The van der Waals surface area contributed by atoms with E-state index in [0.29, 0.717) is 25.1 Å². The van der Waals surface area contributed by atoms with Crippen LogP contribution in [0.4, 0.5) is 4.79 Å². The van der Waals surface area contributed by atoms with Gasteiger partial charge < -0.3 is 39.5 Å². The number of nitrogens with one attached hydrogen (secondary N) is 2. The van der Waals surface area contributed by atoms with E-state index in [4.69, 9.17) is 14.2 Å². The van der Waals surface area contributed by atoms with Crippen LogP contribution in [0.25, 0.3) is 5.69 Å². The topological polar surface area (TPSA) is 182 Å². The van der Waals surface area contributed by atoms with E-state index < -0.39 is 36.0 Å². The normalized spacial score (nSPS) is 18.0. The maximum Gasteiger partial charge on any atom is 0.409 e. The predicted molar refractivity (Wildman–Crippen MR) is 186 cm³/mol. The Morgan fingerprint density at radius 2 is 1.63 bits per heavy atom. The molecule has 2 N–H and O–H groups in total. The Labute approximate surface area is 303 Å². The Bertz CT molecular complexity index is 1590. The molecule has 16 heteroatoms. The highest BCUT2D eigenvalue weighted by molar-refractivity contribution is 5.96. The van der Waals surface area contributed by atoms with Crippen LogP contribution in [-0.2, 0) is 28.7 Å². The Hall–Kier alpha value is -5.15. The van der Waals surface area contributed by atoms with Crippen LogP contribution >= 0.6 is 0 Å².